The van der Waals surface area contributed by atoms with Crippen LogP contribution in [0.25, 0.3) is 0 Å². The highest BCUT2D eigenvalue weighted by Gasteiger charge is 2.26. The maximum atomic E-state index is 12.1. The fourth-order valence-electron chi connectivity index (χ4n) is 1.77. The molecule has 6 nitrogen and oxygen atoms in total. The molecule has 2 heterocycles. The molecule has 1 aromatic heterocycles. The van der Waals surface area contributed by atoms with E-state index in [1.807, 2.05) is 0 Å². The molecule has 2 rings (SSSR count). The molecule has 1 saturated heterocycles. The fourth-order valence-corrected chi connectivity index (χ4v) is 1.77. The first-order valence-corrected chi connectivity index (χ1v) is 5.80. The number of aromatic nitrogens is 1. The predicted octanol–water partition coefficient (Wildman–Crippen LogP) is -0.545. The van der Waals surface area contributed by atoms with Gasteiger partial charge in [-0.15, -0.1) is 0 Å². The molecule has 1 aliphatic rings. The van der Waals surface area contributed by atoms with Gasteiger partial charge in [0.15, 0.2) is 0 Å². The number of amides is 2. The predicted molar refractivity (Wildman–Crippen MR) is 65.7 cm³/mol. The molecule has 18 heavy (non-hydrogen) atoms. The monoisotopic (exact) mass is 248 g/mol. The smallest absolute Gasteiger partial charge is 0.272 e. The van der Waals surface area contributed by atoms with Gasteiger partial charge in [-0.25, -0.2) is 0 Å². The Morgan fingerprint density at radius 3 is 2.78 bits per heavy atom. The van der Waals surface area contributed by atoms with Gasteiger partial charge in [-0.05, 0) is 11.6 Å². The van der Waals surface area contributed by atoms with Crippen LogP contribution in [0.2, 0.25) is 0 Å². The van der Waals surface area contributed by atoms with Crippen LogP contribution < -0.4 is 5.73 Å². The molecule has 0 saturated carbocycles. The zero-order chi connectivity index (χ0) is 13.1. The van der Waals surface area contributed by atoms with Crippen molar-refractivity contribution in [2.75, 3.05) is 26.7 Å². The van der Waals surface area contributed by atoms with Crippen LogP contribution >= 0.6 is 0 Å². The maximum Gasteiger partial charge on any atom is 0.272 e. The van der Waals surface area contributed by atoms with Crippen molar-refractivity contribution in [1.29, 1.82) is 0 Å². The van der Waals surface area contributed by atoms with Crippen LogP contribution in [0.15, 0.2) is 18.3 Å². The third kappa shape index (κ3) is 2.48. The Bertz CT molecular complexity index is 458. The van der Waals surface area contributed by atoms with Gasteiger partial charge >= 0.3 is 0 Å². The van der Waals surface area contributed by atoms with Crippen molar-refractivity contribution in [3.63, 3.8) is 0 Å². The van der Waals surface area contributed by atoms with E-state index in [0.29, 0.717) is 25.3 Å². The highest BCUT2D eigenvalue weighted by atomic mass is 16.2. The molecule has 0 spiro atoms. The second kappa shape index (κ2) is 5.14. The summed E-state index contributed by atoms with van der Waals surface area (Å²) in [4.78, 5) is 30.9. The van der Waals surface area contributed by atoms with Gasteiger partial charge in [-0.1, -0.05) is 6.07 Å². The average Bonchev–Trinajstić information content (AvgIpc) is 2.41. The van der Waals surface area contributed by atoms with E-state index in [2.05, 4.69) is 4.98 Å². The van der Waals surface area contributed by atoms with Gasteiger partial charge in [0.2, 0.25) is 5.91 Å². The summed E-state index contributed by atoms with van der Waals surface area (Å²) in [5.41, 5.74) is 6.69. The van der Waals surface area contributed by atoms with Crippen molar-refractivity contribution in [2.24, 2.45) is 5.73 Å². The molecule has 1 aliphatic heterocycles. The minimum Gasteiger partial charge on any atom is -0.342 e. The van der Waals surface area contributed by atoms with E-state index in [4.69, 9.17) is 5.73 Å². The number of likely N-dealkylation sites (N-methyl/N-ethyl adjacent to an activating group) is 1. The summed E-state index contributed by atoms with van der Waals surface area (Å²) >= 11 is 0. The molecule has 2 N–H and O–H groups in total. The standard InChI is InChI=1S/C12H16N4O2/c1-15-4-5-16(8-11(15)17)12(18)10-3-2-9(6-13)7-14-10/h2-3,7H,4-6,8,13H2,1H3. The number of carbonyl (C=O) groups is 2. The van der Waals surface area contributed by atoms with Crippen LogP contribution in [0.3, 0.4) is 0 Å². The molecular formula is C12H16N4O2. The molecule has 6 heteroatoms. The lowest BCUT2D eigenvalue weighted by molar-refractivity contribution is -0.133. The van der Waals surface area contributed by atoms with Crippen molar-refractivity contribution >= 4 is 11.8 Å². The second-order valence-corrected chi connectivity index (χ2v) is 4.30. The van der Waals surface area contributed by atoms with Crippen LogP contribution in [0.1, 0.15) is 16.1 Å². The largest absolute Gasteiger partial charge is 0.342 e. The SMILES string of the molecule is CN1CCN(C(=O)c2ccc(CN)cn2)CC1=O. The van der Waals surface area contributed by atoms with Gasteiger partial charge in [-0.2, -0.15) is 0 Å². The van der Waals surface area contributed by atoms with E-state index in [1.54, 1.807) is 30.3 Å². The summed E-state index contributed by atoms with van der Waals surface area (Å²) in [5, 5.41) is 0. The highest BCUT2D eigenvalue weighted by Crippen LogP contribution is 2.07. The van der Waals surface area contributed by atoms with Crippen molar-refractivity contribution in [3.8, 4) is 0 Å². The van der Waals surface area contributed by atoms with Crippen LogP contribution in [0.4, 0.5) is 0 Å². The van der Waals surface area contributed by atoms with Gasteiger partial charge in [-0.3, -0.25) is 14.6 Å². The zero-order valence-electron chi connectivity index (χ0n) is 10.3. The fraction of sp³-hybridized carbons (Fsp3) is 0.417. The lowest BCUT2D eigenvalue weighted by Crippen LogP contribution is -2.50. The van der Waals surface area contributed by atoms with Gasteiger partial charge in [0.25, 0.3) is 5.91 Å². The van der Waals surface area contributed by atoms with Crippen LogP contribution in [-0.2, 0) is 11.3 Å². The molecule has 0 radical (unpaired) electrons. The Morgan fingerprint density at radius 2 is 2.22 bits per heavy atom. The van der Waals surface area contributed by atoms with E-state index < -0.39 is 0 Å². The third-order valence-corrected chi connectivity index (χ3v) is 3.02. The van der Waals surface area contributed by atoms with E-state index in [-0.39, 0.29) is 18.4 Å². The van der Waals surface area contributed by atoms with Crippen molar-refractivity contribution in [2.45, 2.75) is 6.54 Å². The molecule has 96 valence electrons. The van der Waals surface area contributed by atoms with E-state index in [0.717, 1.165) is 5.56 Å². The number of carbonyl (C=O) groups excluding carboxylic acids is 2. The van der Waals surface area contributed by atoms with E-state index in [9.17, 15) is 9.59 Å². The number of hydrogen-bond acceptors (Lipinski definition) is 4. The number of rotatable bonds is 2. The Morgan fingerprint density at radius 1 is 1.44 bits per heavy atom. The summed E-state index contributed by atoms with van der Waals surface area (Å²) in [7, 11) is 1.73. The molecule has 0 aromatic carbocycles. The third-order valence-electron chi connectivity index (χ3n) is 3.02. The Balaban J connectivity index is 2.08. The number of pyridine rings is 1. The first-order chi connectivity index (χ1) is 8.61. The minimum absolute atomic E-state index is 0.0480. The van der Waals surface area contributed by atoms with Gasteiger partial charge in [0.05, 0.1) is 0 Å². The molecule has 0 bridgehead atoms. The minimum atomic E-state index is -0.208. The van der Waals surface area contributed by atoms with E-state index in [1.165, 1.54) is 4.90 Å². The van der Waals surface area contributed by atoms with Gasteiger partial charge in [0, 0.05) is 32.9 Å². The van der Waals surface area contributed by atoms with E-state index >= 15 is 0 Å². The summed E-state index contributed by atoms with van der Waals surface area (Å²) in [5.74, 6) is -0.256. The number of nitrogens with zero attached hydrogens (tertiary/aromatic N) is 3. The Hall–Kier alpha value is -1.95. The lowest BCUT2D eigenvalue weighted by atomic mass is 10.2. The Labute approximate surface area is 105 Å². The summed E-state index contributed by atoms with van der Waals surface area (Å²) in [6.07, 6.45) is 1.59. The van der Waals surface area contributed by atoms with Gasteiger partial charge < -0.3 is 15.5 Å². The zero-order valence-corrected chi connectivity index (χ0v) is 10.3. The topological polar surface area (TPSA) is 79.5 Å². The van der Waals surface area contributed by atoms with Crippen molar-refractivity contribution in [3.05, 3.63) is 29.6 Å². The second-order valence-electron chi connectivity index (χ2n) is 4.30. The highest BCUT2D eigenvalue weighted by molar-refractivity contribution is 5.95. The lowest BCUT2D eigenvalue weighted by Gasteiger charge is -2.31. The first-order valence-electron chi connectivity index (χ1n) is 5.80. The summed E-state index contributed by atoms with van der Waals surface area (Å²) in [6.45, 7) is 1.62. The number of piperazine rings is 1. The molecular weight excluding hydrogens is 232 g/mol. The quantitative estimate of drug-likeness (QED) is 0.762. The molecule has 1 aromatic rings. The molecule has 1 fully saturated rings. The molecule has 0 unspecified atom stereocenters. The number of nitrogens with two attached hydrogens (primary N) is 1. The van der Waals surface area contributed by atoms with Crippen molar-refractivity contribution < 1.29 is 9.59 Å². The van der Waals surface area contributed by atoms with Crippen LogP contribution in [0.5, 0.6) is 0 Å². The van der Waals surface area contributed by atoms with Gasteiger partial charge in [0.1, 0.15) is 12.2 Å². The average molecular weight is 248 g/mol. The molecule has 0 atom stereocenters. The van der Waals surface area contributed by atoms with Crippen molar-refractivity contribution in [1.82, 2.24) is 14.8 Å². The summed E-state index contributed by atoms with van der Waals surface area (Å²) in [6, 6.07) is 3.42. The number of hydrogen-bond donors (Lipinski definition) is 1. The normalized spacial score (nSPS) is 16.0. The van der Waals surface area contributed by atoms with Crippen LogP contribution in [-0.4, -0.2) is 53.3 Å². The maximum absolute atomic E-state index is 12.1. The Kier molecular flexibility index (Phi) is 3.57. The summed E-state index contributed by atoms with van der Waals surface area (Å²) < 4.78 is 0. The first kappa shape index (κ1) is 12.5. The van der Waals surface area contributed by atoms with Crippen LogP contribution in [0, 0.1) is 0 Å². The molecule has 0 aliphatic carbocycles. The molecule has 2 amide bonds.